The van der Waals surface area contributed by atoms with E-state index in [0.717, 1.165) is 44.2 Å². The van der Waals surface area contributed by atoms with Gasteiger partial charge in [0.05, 0.1) is 6.10 Å². The fraction of sp³-hybridized carbons (Fsp3) is 0.571. The third-order valence-electron chi connectivity index (χ3n) is 3.05. The van der Waals surface area contributed by atoms with Crippen molar-refractivity contribution in [2.75, 3.05) is 19.7 Å². The van der Waals surface area contributed by atoms with Crippen molar-refractivity contribution in [1.29, 1.82) is 0 Å². The first-order chi connectivity index (χ1) is 9.15. The first-order valence-electron chi connectivity index (χ1n) is 6.59. The Balaban J connectivity index is 1.73. The van der Waals surface area contributed by atoms with Crippen molar-refractivity contribution < 1.29 is 18.3 Å². The molecule has 0 aromatic heterocycles. The molecule has 0 spiro atoms. The van der Waals surface area contributed by atoms with Gasteiger partial charge in [0.25, 0.3) is 0 Å². The average Bonchev–Trinajstić information content (AvgIpc) is 2.87. The first kappa shape index (κ1) is 14.2. The lowest BCUT2D eigenvalue weighted by atomic mass is 10.2. The standard InChI is InChI=1S/C14H19F2NO2/c1-10(8-17-9-12-3-2-6-18-12)19-14-7-11(15)4-5-13(14)16/h4-5,7,10,12,17H,2-3,6,8-9H2,1H3. The summed E-state index contributed by atoms with van der Waals surface area (Å²) in [6.45, 7) is 3.97. The summed E-state index contributed by atoms with van der Waals surface area (Å²) in [5.74, 6) is -1.10. The van der Waals surface area contributed by atoms with E-state index in [0.29, 0.717) is 6.54 Å². The van der Waals surface area contributed by atoms with Crippen LogP contribution < -0.4 is 10.1 Å². The predicted octanol–water partition coefficient (Wildman–Crippen LogP) is 2.50. The quantitative estimate of drug-likeness (QED) is 0.862. The van der Waals surface area contributed by atoms with Crippen LogP contribution in [0.3, 0.4) is 0 Å². The van der Waals surface area contributed by atoms with Gasteiger partial charge in [0, 0.05) is 25.8 Å². The van der Waals surface area contributed by atoms with Gasteiger partial charge in [0.1, 0.15) is 11.9 Å². The zero-order valence-electron chi connectivity index (χ0n) is 11.0. The molecule has 1 saturated heterocycles. The summed E-state index contributed by atoms with van der Waals surface area (Å²) in [7, 11) is 0. The number of hydrogen-bond acceptors (Lipinski definition) is 3. The number of ether oxygens (including phenoxy) is 2. The van der Waals surface area contributed by atoms with E-state index in [1.165, 1.54) is 0 Å². The van der Waals surface area contributed by atoms with Gasteiger partial charge in [-0.25, -0.2) is 8.78 Å². The van der Waals surface area contributed by atoms with E-state index in [2.05, 4.69) is 5.32 Å². The molecule has 2 rings (SSSR count). The molecular weight excluding hydrogens is 252 g/mol. The molecular formula is C14H19F2NO2. The predicted molar refractivity (Wildman–Crippen MR) is 68.3 cm³/mol. The molecule has 0 radical (unpaired) electrons. The summed E-state index contributed by atoms with van der Waals surface area (Å²) in [4.78, 5) is 0. The van der Waals surface area contributed by atoms with Gasteiger partial charge < -0.3 is 14.8 Å². The minimum atomic E-state index is -0.549. The minimum absolute atomic E-state index is 0.0496. The van der Waals surface area contributed by atoms with E-state index in [9.17, 15) is 8.78 Å². The summed E-state index contributed by atoms with van der Waals surface area (Å²) < 4.78 is 37.2. The Hall–Kier alpha value is -1.20. The topological polar surface area (TPSA) is 30.5 Å². The van der Waals surface area contributed by atoms with Gasteiger partial charge in [-0.2, -0.15) is 0 Å². The van der Waals surface area contributed by atoms with Gasteiger partial charge in [0.2, 0.25) is 0 Å². The molecule has 0 bridgehead atoms. The number of hydrogen-bond donors (Lipinski definition) is 1. The molecule has 1 heterocycles. The van der Waals surface area contributed by atoms with Crippen molar-refractivity contribution in [3.63, 3.8) is 0 Å². The lowest BCUT2D eigenvalue weighted by Crippen LogP contribution is -2.34. The van der Waals surface area contributed by atoms with Crippen LogP contribution in [-0.4, -0.2) is 31.9 Å². The summed E-state index contributed by atoms with van der Waals surface area (Å²) in [5.41, 5.74) is 0. The van der Waals surface area contributed by atoms with Crippen LogP contribution in [0, 0.1) is 11.6 Å². The molecule has 19 heavy (non-hydrogen) atoms. The van der Waals surface area contributed by atoms with Crippen LogP contribution in [0.4, 0.5) is 8.78 Å². The summed E-state index contributed by atoms with van der Waals surface area (Å²) in [5, 5.41) is 3.22. The fourth-order valence-electron chi connectivity index (χ4n) is 2.08. The van der Waals surface area contributed by atoms with Gasteiger partial charge in [-0.05, 0) is 31.9 Å². The van der Waals surface area contributed by atoms with Crippen molar-refractivity contribution in [3.05, 3.63) is 29.8 Å². The Morgan fingerprint density at radius 3 is 3.05 bits per heavy atom. The SMILES string of the molecule is CC(CNCC1CCCO1)Oc1cc(F)ccc1F. The van der Waals surface area contributed by atoms with Crippen LogP contribution in [0.1, 0.15) is 19.8 Å². The lowest BCUT2D eigenvalue weighted by molar-refractivity contribution is 0.106. The molecule has 106 valence electrons. The number of rotatable bonds is 6. The highest BCUT2D eigenvalue weighted by Crippen LogP contribution is 2.19. The molecule has 2 unspecified atom stereocenters. The number of nitrogens with one attached hydrogen (secondary N) is 1. The van der Waals surface area contributed by atoms with E-state index in [-0.39, 0.29) is 18.0 Å². The van der Waals surface area contributed by atoms with Gasteiger partial charge in [-0.3, -0.25) is 0 Å². The van der Waals surface area contributed by atoms with Crippen LogP contribution >= 0.6 is 0 Å². The average molecular weight is 271 g/mol. The number of benzene rings is 1. The monoisotopic (exact) mass is 271 g/mol. The third kappa shape index (κ3) is 4.44. The van der Waals surface area contributed by atoms with E-state index >= 15 is 0 Å². The van der Waals surface area contributed by atoms with E-state index in [1.54, 1.807) is 0 Å². The largest absolute Gasteiger partial charge is 0.486 e. The van der Waals surface area contributed by atoms with E-state index in [1.807, 2.05) is 6.92 Å². The summed E-state index contributed by atoms with van der Waals surface area (Å²) in [6, 6.07) is 3.20. The Morgan fingerprint density at radius 1 is 1.47 bits per heavy atom. The van der Waals surface area contributed by atoms with Gasteiger partial charge in [-0.1, -0.05) is 0 Å². The zero-order chi connectivity index (χ0) is 13.7. The van der Waals surface area contributed by atoms with Gasteiger partial charge >= 0.3 is 0 Å². The Kier molecular flexibility index (Phi) is 5.10. The first-order valence-corrected chi connectivity index (χ1v) is 6.59. The lowest BCUT2D eigenvalue weighted by Gasteiger charge is -2.17. The Bertz CT molecular complexity index is 408. The molecule has 1 aliphatic rings. The van der Waals surface area contributed by atoms with E-state index in [4.69, 9.17) is 9.47 Å². The van der Waals surface area contributed by atoms with E-state index < -0.39 is 11.6 Å². The van der Waals surface area contributed by atoms with Crippen LogP contribution in [0.2, 0.25) is 0 Å². The molecule has 1 N–H and O–H groups in total. The maximum atomic E-state index is 13.4. The molecule has 1 aliphatic heterocycles. The summed E-state index contributed by atoms with van der Waals surface area (Å²) >= 11 is 0. The second-order valence-electron chi connectivity index (χ2n) is 4.80. The third-order valence-corrected chi connectivity index (χ3v) is 3.05. The van der Waals surface area contributed by atoms with Crippen molar-refractivity contribution in [2.24, 2.45) is 0 Å². The molecule has 1 aromatic carbocycles. The van der Waals surface area contributed by atoms with Crippen LogP contribution in [0.15, 0.2) is 18.2 Å². The second kappa shape index (κ2) is 6.82. The fourth-order valence-corrected chi connectivity index (χ4v) is 2.08. The maximum Gasteiger partial charge on any atom is 0.165 e. The highest BCUT2D eigenvalue weighted by atomic mass is 19.1. The highest BCUT2D eigenvalue weighted by Gasteiger charge is 2.15. The van der Waals surface area contributed by atoms with Gasteiger partial charge in [-0.15, -0.1) is 0 Å². The van der Waals surface area contributed by atoms with Crippen LogP contribution in [0.5, 0.6) is 5.75 Å². The molecule has 0 aliphatic carbocycles. The molecule has 1 aromatic rings. The molecule has 0 amide bonds. The second-order valence-corrected chi connectivity index (χ2v) is 4.80. The normalized spacial score (nSPS) is 20.5. The molecule has 5 heteroatoms. The molecule has 1 fully saturated rings. The summed E-state index contributed by atoms with van der Waals surface area (Å²) in [6.07, 6.45) is 2.20. The van der Waals surface area contributed by atoms with Gasteiger partial charge in [0.15, 0.2) is 11.6 Å². The minimum Gasteiger partial charge on any atom is -0.486 e. The smallest absolute Gasteiger partial charge is 0.165 e. The van der Waals surface area contributed by atoms with Crippen molar-refractivity contribution in [1.82, 2.24) is 5.32 Å². The van der Waals surface area contributed by atoms with Crippen molar-refractivity contribution in [2.45, 2.75) is 32.0 Å². The molecule has 3 nitrogen and oxygen atoms in total. The Morgan fingerprint density at radius 2 is 2.32 bits per heavy atom. The Labute approximate surface area is 111 Å². The maximum absolute atomic E-state index is 13.4. The molecule has 0 saturated carbocycles. The number of halogens is 2. The van der Waals surface area contributed by atoms with Crippen molar-refractivity contribution in [3.8, 4) is 5.75 Å². The zero-order valence-corrected chi connectivity index (χ0v) is 11.0. The molecule has 2 atom stereocenters. The van der Waals surface area contributed by atoms with Crippen LogP contribution in [0.25, 0.3) is 0 Å². The van der Waals surface area contributed by atoms with Crippen molar-refractivity contribution >= 4 is 0 Å². The van der Waals surface area contributed by atoms with Crippen LogP contribution in [-0.2, 0) is 4.74 Å². The highest BCUT2D eigenvalue weighted by molar-refractivity contribution is 5.25.